The predicted molar refractivity (Wildman–Crippen MR) is 78.3 cm³/mol. The highest BCUT2D eigenvalue weighted by molar-refractivity contribution is 5.92. The molecule has 0 aliphatic heterocycles. The summed E-state index contributed by atoms with van der Waals surface area (Å²) in [4.78, 5) is 4.27. The molecule has 0 bridgehead atoms. The fraction of sp³-hybridized carbons (Fsp3) is 0.267. The third-order valence-corrected chi connectivity index (χ3v) is 2.86. The van der Waals surface area contributed by atoms with Crippen LogP contribution in [0.3, 0.4) is 0 Å². The summed E-state index contributed by atoms with van der Waals surface area (Å²) in [7, 11) is 0. The maximum absolute atomic E-state index is 5.87. The van der Waals surface area contributed by atoms with E-state index in [0.29, 0.717) is 12.5 Å². The second-order valence-corrected chi connectivity index (χ2v) is 4.73. The highest BCUT2D eigenvalue weighted by Crippen LogP contribution is 2.14. The molecule has 1 heterocycles. The highest BCUT2D eigenvalue weighted by atomic mass is 16.3. The Hall–Kier alpha value is -2.23. The fourth-order valence-corrected chi connectivity index (χ4v) is 1.96. The van der Waals surface area contributed by atoms with Crippen molar-refractivity contribution in [2.24, 2.45) is 10.7 Å². The summed E-state index contributed by atoms with van der Waals surface area (Å²) in [5.74, 6) is 1.23. The van der Waals surface area contributed by atoms with Crippen LogP contribution >= 0.6 is 0 Å². The van der Waals surface area contributed by atoms with Crippen molar-refractivity contribution >= 4 is 11.6 Å². The molecule has 3 N–H and O–H groups in total. The molecule has 1 aromatic carbocycles. The molecule has 1 aromatic heterocycles. The number of anilines is 1. The number of hydrogen-bond acceptors (Lipinski definition) is 2. The van der Waals surface area contributed by atoms with E-state index in [1.807, 2.05) is 25.1 Å². The Labute approximate surface area is 113 Å². The van der Waals surface area contributed by atoms with Crippen LogP contribution in [0.15, 0.2) is 39.9 Å². The molecule has 0 spiro atoms. The SMILES string of the molecule is Cc1cc(C)cc(NC(N)=NCc2occc2C)c1. The maximum Gasteiger partial charge on any atom is 0.193 e. The molecule has 0 unspecified atom stereocenters. The van der Waals surface area contributed by atoms with Gasteiger partial charge in [-0.3, -0.25) is 0 Å². The van der Waals surface area contributed by atoms with E-state index in [2.05, 4.69) is 30.2 Å². The summed E-state index contributed by atoms with van der Waals surface area (Å²) < 4.78 is 5.31. The summed E-state index contributed by atoms with van der Waals surface area (Å²) in [6, 6.07) is 8.10. The van der Waals surface area contributed by atoms with Gasteiger partial charge >= 0.3 is 0 Å². The van der Waals surface area contributed by atoms with E-state index in [9.17, 15) is 0 Å². The van der Waals surface area contributed by atoms with Crippen molar-refractivity contribution in [3.05, 3.63) is 53.0 Å². The van der Waals surface area contributed by atoms with Crippen LogP contribution < -0.4 is 11.1 Å². The molecule has 0 aliphatic rings. The van der Waals surface area contributed by atoms with E-state index in [1.54, 1.807) is 6.26 Å². The Morgan fingerprint density at radius 1 is 1.21 bits per heavy atom. The molecule has 100 valence electrons. The Bertz CT molecular complexity index is 579. The number of nitrogens with one attached hydrogen (secondary N) is 1. The second kappa shape index (κ2) is 5.61. The monoisotopic (exact) mass is 257 g/mol. The van der Waals surface area contributed by atoms with Gasteiger partial charge in [-0.1, -0.05) is 6.07 Å². The first-order valence-corrected chi connectivity index (χ1v) is 6.23. The van der Waals surface area contributed by atoms with Gasteiger partial charge in [0.2, 0.25) is 0 Å². The van der Waals surface area contributed by atoms with E-state index in [0.717, 1.165) is 17.0 Å². The summed E-state index contributed by atoms with van der Waals surface area (Å²) >= 11 is 0. The number of nitrogens with two attached hydrogens (primary N) is 1. The van der Waals surface area contributed by atoms with E-state index < -0.39 is 0 Å². The molecule has 0 fully saturated rings. The van der Waals surface area contributed by atoms with Crippen molar-refractivity contribution < 1.29 is 4.42 Å². The average molecular weight is 257 g/mol. The molecular formula is C15H19N3O. The number of rotatable bonds is 3. The first-order valence-electron chi connectivity index (χ1n) is 6.23. The molecule has 0 radical (unpaired) electrons. The summed E-state index contributed by atoms with van der Waals surface area (Å²) in [6.45, 7) is 6.54. The molecule has 4 heteroatoms. The molecule has 0 saturated heterocycles. The lowest BCUT2D eigenvalue weighted by Crippen LogP contribution is -2.22. The van der Waals surface area contributed by atoms with Gasteiger partial charge in [0.15, 0.2) is 5.96 Å². The van der Waals surface area contributed by atoms with Gasteiger partial charge in [-0.2, -0.15) is 0 Å². The maximum atomic E-state index is 5.87. The zero-order valence-corrected chi connectivity index (χ0v) is 11.5. The van der Waals surface area contributed by atoms with Gasteiger partial charge < -0.3 is 15.5 Å². The lowest BCUT2D eigenvalue weighted by atomic mass is 10.1. The normalized spacial score (nSPS) is 11.6. The van der Waals surface area contributed by atoms with Crippen LogP contribution in [0.25, 0.3) is 0 Å². The lowest BCUT2D eigenvalue weighted by Gasteiger charge is -2.07. The highest BCUT2D eigenvalue weighted by Gasteiger charge is 2.01. The third-order valence-electron chi connectivity index (χ3n) is 2.86. The quantitative estimate of drug-likeness (QED) is 0.656. The standard InChI is InChI=1S/C15H19N3O/c1-10-6-11(2)8-13(7-10)18-15(16)17-9-14-12(3)4-5-19-14/h4-8H,9H2,1-3H3,(H3,16,17,18). The van der Waals surface area contributed by atoms with E-state index in [-0.39, 0.29) is 0 Å². The smallest absolute Gasteiger partial charge is 0.193 e. The van der Waals surface area contributed by atoms with Gasteiger partial charge in [-0.15, -0.1) is 0 Å². The van der Waals surface area contributed by atoms with Crippen LogP contribution in [0.5, 0.6) is 0 Å². The number of guanidine groups is 1. The summed E-state index contributed by atoms with van der Waals surface area (Å²) in [5, 5.41) is 3.09. The van der Waals surface area contributed by atoms with Crippen LogP contribution in [-0.2, 0) is 6.54 Å². The minimum Gasteiger partial charge on any atom is -0.467 e. The molecule has 0 atom stereocenters. The number of nitrogens with zero attached hydrogens (tertiary/aromatic N) is 1. The van der Waals surface area contributed by atoms with Gasteiger partial charge in [-0.25, -0.2) is 4.99 Å². The van der Waals surface area contributed by atoms with Crippen LogP contribution in [0.1, 0.15) is 22.5 Å². The fourth-order valence-electron chi connectivity index (χ4n) is 1.96. The van der Waals surface area contributed by atoms with Crippen molar-refractivity contribution in [3.63, 3.8) is 0 Å². The van der Waals surface area contributed by atoms with E-state index in [4.69, 9.17) is 10.2 Å². The summed E-state index contributed by atoms with van der Waals surface area (Å²) in [5.41, 5.74) is 10.3. The first-order chi connectivity index (χ1) is 9.04. The van der Waals surface area contributed by atoms with E-state index in [1.165, 1.54) is 11.1 Å². The number of furan rings is 1. The molecule has 2 rings (SSSR count). The topological polar surface area (TPSA) is 63.5 Å². The largest absolute Gasteiger partial charge is 0.467 e. The number of hydrogen-bond donors (Lipinski definition) is 2. The number of aryl methyl sites for hydroxylation is 3. The third kappa shape index (κ3) is 3.61. The van der Waals surface area contributed by atoms with Crippen LogP contribution in [-0.4, -0.2) is 5.96 Å². The average Bonchev–Trinajstić information content (AvgIpc) is 2.71. The van der Waals surface area contributed by atoms with Crippen molar-refractivity contribution in [1.29, 1.82) is 0 Å². The Kier molecular flexibility index (Phi) is 3.90. The van der Waals surface area contributed by atoms with Crippen LogP contribution in [0, 0.1) is 20.8 Å². The Balaban J connectivity index is 2.04. The first kappa shape index (κ1) is 13.2. The second-order valence-electron chi connectivity index (χ2n) is 4.73. The molecule has 0 amide bonds. The van der Waals surface area contributed by atoms with E-state index >= 15 is 0 Å². The minimum absolute atomic E-state index is 0.390. The van der Waals surface area contributed by atoms with Crippen molar-refractivity contribution in [2.45, 2.75) is 27.3 Å². The van der Waals surface area contributed by atoms with Gasteiger partial charge in [0, 0.05) is 5.69 Å². The van der Waals surface area contributed by atoms with Crippen molar-refractivity contribution in [1.82, 2.24) is 0 Å². The van der Waals surface area contributed by atoms with Crippen molar-refractivity contribution in [2.75, 3.05) is 5.32 Å². The van der Waals surface area contributed by atoms with Gasteiger partial charge in [0.05, 0.1) is 6.26 Å². The zero-order chi connectivity index (χ0) is 13.8. The lowest BCUT2D eigenvalue weighted by molar-refractivity contribution is 0.510. The molecule has 2 aromatic rings. The molecule has 0 saturated carbocycles. The van der Waals surface area contributed by atoms with Crippen LogP contribution in [0.4, 0.5) is 5.69 Å². The minimum atomic E-state index is 0.390. The summed E-state index contributed by atoms with van der Waals surface area (Å²) in [6.07, 6.45) is 1.66. The van der Waals surface area contributed by atoms with Gasteiger partial charge in [-0.05, 0) is 55.7 Å². The van der Waals surface area contributed by atoms with Gasteiger partial charge in [0.25, 0.3) is 0 Å². The van der Waals surface area contributed by atoms with Gasteiger partial charge in [0.1, 0.15) is 12.3 Å². The predicted octanol–water partition coefficient (Wildman–Crippen LogP) is 3.13. The van der Waals surface area contributed by atoms with Crippen LogP contribution in [0.2, 0.25) is 0 Å². The Morgan fingerprint density at radius 3 is 2.47 bits per heavy atom. The zero-order valence-electron chi connectivity index (χ0n) is 11.5. The van der Waals surface area contributed by atoms with Crippen molar-refractivity contribution in [3.8, 4) is 0 Å². The Morgan fingerprint density at radius 2 is 1.89 bits per heavy atom. The number of aliphatic imine (C=N–C) groups is 1. The number of benzene rings is 1. The molecule has 0 aliphatic carbocycles. The molecule has 4 nitrogen and oxygen atoms in total. The molecular weight excluding hydrogens is 238 g/mol. The molecule has 19 heavy (non-hydrogen) atoms.